The Bertz CT molecular complexity index is 1270. The number of piperidine rings is 1. The molecule has 1 amide bonds. The molecule has 0 spiro atoms. The molecule has 158 valence electrons. The van der Waals surface area contributed by atoms with Crippen LogP contribution in [-0.2, 0) is 17.1 Å². The summed E-state index contributed by atoms with van der Waals surface area (Å²) in [5.74, 6) is -0.291. The van der Waals surface area contributed by atoms with Crippen molar-refractivity contribution in [3.05, 3.63) is 58.6 Å². The highest BCUT2D eigenvalue weighted by Crippen LogP contribution is 2.24. The van der Waals surface area contributed by atoms with Gasteiger partial charge in [0, 0.05) is 25.7 Å². The molecule has 1 aliphatic heterocycles. The van der Waals surface area contributed by atoms with Crippen molar-refractivity contribution in [2.75, 3.05) is 13.1 Å². The Kier molecular flexibility index (Phi) is 5.61. The van der Waals surface area contributed by atoms with Crippen molar-refractivity contribution in [1.82, 2.24) is 8.87 Å². The van der Waals surface area contributed by atoms with E-state index in [1.807, 2.05) is 0 Å². The number of fused-ring (bicyclic) bond motifs is 1. The number of hydrogen-bond donors (Lipinski definition) is 0. The third kappa shape index (κ3) is 3.97. The Balaban J connectivity index is 1.59. The first-order valence-corrected chi connectivity index (χ1v) is 12.0. The van der Waals surface area contributed by atoms with Gasteiger partial charge in [0.05, 0.1) is 15.1 Å². The van der Waals surface area contributed by atoms with Gasteiger partial charge >= 0.3 is 0 Å². The molecule has 9 heteroatoms. The van der Waals surface area contributed by atoms with Gasteiger partial charge in [-0.15, -0.1) is 0 Å². The quantitative estimate of drug-likeness (QED) is 0.617. The molecule has 1 fully saturated rings. The summed E-state index contributed by atoms with van der Waals surface area (Å²) in [5, 5.41) is 0. The van der Waals surface area contributed by atoms with E-state index in [2.05, 4.69) is 11.9 Å². The minimum atomic E-state index is -3.56. The fourth-order valence-corrected chi connectivity index (χ4v) is 6.02. The number of carbonyl (C=O) groups is 1. The number of rotatable bonds is 3. The first-order valence-electron chi connectivity index (χ1n) is 9.70. The second kappa shape index (κ2) is 8.05. The standard InChI is InChI=1S/C21H22FN3O3S2/c1-14-9-11-25(12-10-14)30(27,28)17-6-3-15(4-7-17)20(26)23-21-24(2)18-8-5-16(22)13-19(18)29-21/h3-8,13-14H,9-12H2,1-2H3. The number of amides is 1. The number of benzene rings is 2. The van der Waals surface area contributed by atoms with Crippen LogP contribution in [0, 0.1) is 11.7 Å². The number of carbonyl (C=O) groups excluding carboxylic acids is 1. The molecule has 3 aromatic rings. The molecule has 0 unspecified atom stereocenters. The lowest BCUT2D eigenvalue weighted by atomic mass is 10.0. The molecule has 2 heterocycles. The maximum Gasteiger partial charge on any atom is 0.279 e. The molecule has 4 rings (SSSR count). The highest BCUT2D eigenvalue weighted by Gasteiger charge is 2.28. The van der Waals surface area contributed by atoms with Crippen LogP contribution >= 0.6 is 11.3 Å². The van der Waals surface area contributed by atoms with Gasteiger partial charge in [0.15, 0.2) is 4.80 Å². The van der Waals surface area contributed by atoms with E-state index >= 15 is 0 Å². The van der Waals surface area contributed by atoms with Gasteiger partial charge in [-0.05, 0) is 61.2 Å². The van der Waals surface area contributed by atoms with Crippen LogP contribution in [0.25, 0.3) is 10.2 Å². The Morgan fingerprint density at radius 2 is 1.80 bits per heavy atom. The molecule has 1 aliphatic rings. The first-order chi connectivity index (χ1) is 14.3. The summed E-state index contributed by atoms with van der Waals surface area (Å²) in [7, 11) is -1.80. The number of sulfonamides is 1. The Labute approximate surface area is 178 Å². The maximum atomic E-state index is 13.4. The van der Waals surface area contributed by atoms with Gasteiger partial charge in [-0.2, -0.15) is 9.30 Å². The average molecular weight is 448 g/mol. The van der Waals surface area contributed by atoms with Crippen LogP contribution in [0.2, 0.25) is 0 Å². The van der Waals surface area contributed by atoms with E-state index in [9.17, 15) is 17.6 Å². The summed E-state index contributed by atoms with van der Waals surface area (Å²) >= 11 is 1.22. The number of aryl methyl sites for hydroxylation is 1. The molecular formula is C21H22FN3O3S2. The number of nitrogens with zero attached hydrogens (tertiary/aromatic N) is 3. The lowest BCUT2D eigenvalue weighted by Crippen LogP contribution is -2.37. The van der Waals surface area contributed by atoms with Gasteiger partial charge in [-0.3, -0.25) is 4.79 Å². The average Bonchev–Trinajstić information content (AvgIpc) is 3.03. The zero-order valence-corrected chi connectivity index (χ0v) is 18.3. The van der Waals surface area contributed by atoms with Crippen LogP contribution in [0.4, 0.5) is 4.39 Å². The van der Waals surface area contributed by atoms with E-state index in [0.29, 0.717) is 34.1 Å². The van der Waals surface area contributed by atoms with Crippen molar-refractivity contribution in [3.8, 4) is 0 Å². The monoisotopic (exact) mass is 447 g/mol. The molecule has 0 aliphatic carbocycles. The molecule has 0 saturated carbocycles. The topological polar surface area (TPSA) is 71.7 Å². The van der Waals surface area contributed by atoms with E-state index in [-0.39, 0.29) is 10.7 Å². The molecule has 6 nitrogen and oxygen atoms in total. The second-order valence-corrected chi connectivity index (χ2v) is 10.5. The first kappa shape index (κ1) is 20.9. The molecule has 0 N–H and O–H groups in total. The predicted octanol–water partition coefficient (Wildman–Crippen LogP) is 3.54. The van der Waals surface area contributed by atoms with Crippen molar-refractivity contribution in [2.45, 2.75) is 24.7 Å². The van der Waals surface area contributed by atoms with Crippen LogP contribution in [0.3, 0.4) is 0 Å². The van der Waals surface area contributed by atoms with Crippen LogP contribution in [0.5, 0.6) is 0 Å². The molecule has 0 bridgehead atoms. The van der Waals surface area contributed by atoms with Crippen molar-refractivity contribution < 1.29 is 17.6 Å². The second-order valence-electron chi connectivity index (χ2n) is 7.58. The summed E-state index contributed by atoms with van der Waals surface area (Å²) in [6, 6.07) is 10.3. The summed E-state index contributed by atoms with van der Waals surface area (Å²) in [4.78, 5) is 17.4. The fraction of sp³-hybridized carbons (Fsp3) is 0.333. The van der Waals surface area contributed by atoms with E-state index < -0.39 is 15.9 Å². The van der Waals surface area contributed by atoms with Gasteiger partial charge in [-0.1, -0.05) is 18.3 Å². The zero-order chi connectivity index (χ0) is 21.5. The van der Waals surface area contributed by atoms with Crippen molar-refractivity contribution in [1.29, 1.82) is 0 Å². The number of halogens is 1. The molecule has 0 atom stereocenters. The molecule has 1 aromatic heterocycles. The van der Waals surface area contributed by atoms with Gasteiger partial charge in [-0.25, -0.2) is 12.8 Å². The van der Waals surface area contributed by atoms with Gasteiger partial charge < -0.3 is 4.57 Å². The Hall–Kier alpha value is -2.36. The van der Waals surface area contributed by atoms with E-state index in [0.717, 1.165) is 18.4 Å². The summed E-state index contributed by atoms with van der Waals surface area (Å²) in [6.07, 6.45) is 1.70. The molecule has 0 radical (unpaired) electrons. The summed E-state index contributed by atoms with van der Waals surface area (Å²) in [5.41, 5.74) is 1.08. The van der Waals surface area contributed by atoms with Gasteiger partial charge in [0.25, 0.3) is 5.91 Å². The van der Waals surface area contributed by atoms with Crippen molar-refractivity contribution in [2.24, 2.45) is 18.0 Å². The van der Waals surface area contributed by atoms with Crippen LogP contribution in [0.15, 0.2) is 52.4 Å². The zero-order valence-electron chi connectivity index (χ0n) is 16.7. The lowest BCUT2D eigenvalue weighted by molar-refractivity contribution is 0.0998. The molecular weight excluding hydrogens is 425 g/mol. The number of aromatic nitrogens is 1. The van der Waals surface area contributed by atoms with Crippen molar-refractivity contribution in [3.63, 3.8) is 0 Å². The number of thiazole rings is 1. The highest BCUT2D eigenvalue weighted by atomic mass is 32.2. The maximum absolute atomic E-state index is 13.4. The minimum absolute atomic E-state index is 0.177. The normalized spacial score (nSPS) is 17.0. The van der Waals surface area contributed by atoms with Gasteiger partial charge in [0.1, 0.15) is 5.82 Å². The minimum Gasteiger partial charge on any atom is -0.319 e. The Morgan fingerprint density at radius 3 is 2.47 bits per heavy atom. The third-order valence-electron chi connectivity index (χ3n) is 5.45. The molecule has 2 aromatic carbocycles. The molecule has 1 saturated heterocycles. The Morgan fingerprint density at radius 1 is 1.13 bits per heavy atom. The number of hydrogen-bond acceptors (Lipinski definition) is 4. The third-order valence-corrected chi connectivity index (χ3v) is 8.46. The van der Waals surface area contributed by atoms with Crippen molar-refractivity contribution >= 4 is 37.5 Å². The highest BCUT2D eigenvalue weighted by molar-refractivity contribution is 7.89. The van der Waals surface area contributed by atoms with Gasteiger partial charge in [0.2, 0.25) is 10.0 Å². The van der Waals surface area contributed by atoms with Crippen LogP contribution in [-0.4, -0.2) is 36.3 Å². The molecule has 30 heavy (non-hydrogen) atoms. The summed E-state index contributed by atoms with van der Waals surface area (Å²) in [6.45, 7) is 3.16. The smallest absolute Gasteiger partial charge is 0.279 e. The van der Waals surface area contributed by atoms with E-state index in [4.69, 9.17) is 0 Å². The SMILES string of the molecule is CC1CCN(S(=O)(=O)c2ccc(C(=O)N=c3sc4cc(F)ccc4n3C)cc2)CC1. The lowest BCUT2D eigenvalue weighted by Gasteiger charge is -2.29. The van der Waals surface area contributed by atoms with Crippen LogP contribution < -0.4 is 4.80 Å². The predicted molar refractivity (Wildman–Crippen MR) is 114 cm³/mol. The van der Waals surface area contributed by atoms with E-state index in [1.165, 1.54) is 52.0 Å². The largest absolute Gasteiger partial charge is 0.319 e. The van der Waals surface area contributed by atoms with Crippen LogP contribution in [0.1, 0.15) is 30.1 Å². The summed E-state index contributed by atoms with van der Waals surface area (Å²) < 4.78 is 43.0. The van der Waals surface area contributed by atoms with E-state index in [1.54, 1.807) is 17.7 Å². The fourth-order valence-electron chi connectivity index (χ4n) is 3.51.